The third-order valence-corrected chi connectivity index (χ3v) is 3.75. The Kier molecular flexibility index (Phi) is 7.17. The molecule has 3 rings (SSSR count). The summed E-state index contributed by atoms with van der Waals surface area (Å²) in [5.74, 6) is -0.626. The zero-order valence-corrected chi connectivity index (χ0v) is 13.8. The number of carbonyl (C=O) groups excluding carboxylic acids is 3. The van der Waals surface area contributed by atoms with Gasteiger partial charge in [-0.2, -0.15) is 5.06 Å². The average Bonchev–Trinajstić information content (AvgIpc) is 2.83. The zero-order chi connectivity index (χ0) is 18.1. The molecule has 2 bridgehead atoms. The maximum atomic E-state index is 11.9. The number of nitrogens with zero attached hydrogens (tertiary/aromatic N) is 2. The van der Waals surface area contributed by atoms with Crippen molar-refractivity contribution >= 4 is 18.3 Å². The van der Waals surface area contributed by atoms with E-state index in [1.54, 1.807) is 10.5 Å². The number of hydrogen-bond donors (Lipinski definition) is 2. The van der Waals surface area contributed by atoms with Crippen molar-refractivity contribution in [1.29, 1.82) is 0 Å². The van der Waals surface area contributed by atoms with Crippen molar-refractivity contribution in [2.75, 3.05) is 19.7 Å². The Morgan fingerprint density at radius 1 is 1.36 bits per heavy atom. The van der Waals surface area contributed by atoms with E-state index in [-0.39, 0.29) is 18.7 Å². The van der Waals surface area contributed by atoms with E-state index in [1.165, 1.54) is 0 Å². The first-order valence-electron chi connectivity index (χ1n) is 7.96. The van der Waals surface area contributed by atoms with Gasteiger partial charge in [-0.1, -0.05) is 30.3 Å². The highest BCUT2D eigenvalue weighted by Gasteiger charge is 2.40. The molecule has 3 N–H and O–H groups in total. The molecule has 0 radical (unpaired) electrons. The summed E-state index contributed by atoms with van der Waals surface area (Å²) in [5, 5.41) is 1.57. The molecule has 0 spiro atoms. The molecular formula is C16H22N4O5. The Labute approximate surface area is 145 Å². The van der Waals surface area contributed by atoms with E-state index in [4.69, 9.17) is 4.84 Å². The Balaban J connectivity index is 0.000000242. The van der Waals surface area contributed by atoms with Crippen LogP contribution in [0.2, 0.25) is 0 Å². The highest BCUT2D eigenvalue weighted by atomic mass is 16.7. The second-order valence-electron chi connectivity index (χ2n) is 5.60. The summed E-state index contributed by atoms with van der Waals surface area (Å²) in [6, 6.07) is 10.2. The maximum absolute atomic E-state index is 11.9. The third kappa shape index (κ3) is 5.73. The standard InChI is InChI=1S/C13H16N2O2.C3H6N2O3/c16-13-14-8-4-7-12(9-14)15(13)17-10-11-5-2-1-3-6-11;4-3(7)1-8-5-2-6/h1-3,5-6,12H,4,7-10H2;2H,1H2,(H2,4,7)(H,5,6). The number of primary amides is 1. The van der Waals surface area contributed by atoms with Gasteiger partial charge in [0.15, 0.2) is 6.61 Å². The van der Waals surface area contributed by atoms with Crippen LogP contribution in [-0.2, 0) is 25.9 Å². The Bertz CT molecular complexity index is 583. The Morgan fingerprint density at radius 2 is 2.12 bits per heavy atom. The topological polar surface area (TPSA) is 114 Å². The van der Waals surface area contributed by atoms with Gasteiger partial charge in [0.1, 0.15) is 6.61 Å². The molecule has 1 atom stereocenters. The van der Waals surface area contributed by atoms with Crippen LogP contribution in [0.3, 0.4) is 0 Å². The van der Waals surface area contributed by atoms with Crippen LogP contribution in [0.4, 0.5) is 4.79 Å². The number of amides is 4. The molecule has 0 saturated carbocycles. The predicted molar refractivity (Wildman–Crippen MR) is 87.4 cm³/mol. The van der Waals surface area contributed by atoms with Crippen LogP contribution in [0.15, 0.2) is 30.3 Å². The van der Waals surface area contributed by atoms with Gasteiger partial charge in [-0.3, -0.25) is 19.3 Å². The highest BCUT2D eigenvalue weighted by Crippen LogP contribution is 2.25. The molecule has 2 aliphatic rings. The Morgan fingerprint density at radius 3 is 2.76 bits per heavy atom. The summed E-state index contributed by atoms with van der Waals surface area (Å²) in [5.41, 5.74) is 7.51. The number of rotatable bonds is 7. The van der Waals surface area contributed by atoms with Crippen molar-refractivity contribution in [3.05, 3.63) is 35.9 Å². The summed E-state index contributed by atoms with van der Waals surface area (Å²) < 4.78 is 0. The Hall–Kier alpha value is -2.65. The summed E-state index contributed by atoms with van der Waals surface area (Å²) >= 11 is 0. The number of carbonyl (C=O) groups is 3. The van der Waals surface area contributed by atoms with Crippen LogP contribution < -0.4 is 11.2 Å². The highest BCUT2D eigenvalue weighted by molar-refractivity contribution is 5.76. The van der Waals surface area contributed by atoms with Crippen molar-refractivity contribution in [3.8, 4) is 0 Å². The molecule has 2 fully saturated rings. The smallest absolute Gasteiger partial charge is 0.344 e. The lowest BCUT2D eigenvalue weighted by atomic mass is 10.1. The fourth-order valence-electron chi connectivity index (χ4n) is 2.64. The number of hydrogen-bond acceptors (Lipinski definition) is 5. The van der Waals surface area contributed by atoms with E-state index >= 15 is 0 Å². The SMILES string of the molecule is NC(=O)CONC=O.O=C1N2CCCC(C2)N1OCc1ccccc1. The molecule has 9 heteroatoms. The van der Waals surface area contributed by atoms with Crippen LogP contribution >= 0.6 is 0 Å². The second-order valence-corrected chi connectivity index (χ2v) is 5.60. The molecule has 9 nitrogen and oxygen atoms in total. The molecule has 1 unspecified atom stereocenters. The normalized spacial score (nSPS) is 18.4. The third-order valence-electron chi connectivity index (χ3n) is 3.75. The molecule has 0 aliphatic carbocycles. The fraction of sp³-hybridized carbons (Fsp3) is 0.438. The van der Waals surface area contributed by atoms with Gasteiger partial charge in [0.05, 0.1) is 6.04 Å². The van der Waals surface area contributed by atoms with E-state index in [1.807, 2.05) is 35.2 Å². The van der Waals surface area contributed by atoms with Crippen molar-refractivity contribution in [2.45, 2.75) is 25.5 Å². The number of benzene rings is 1. The molecule has 0 aromatic heterocycles. The minimum Gasteiger partial charge on any atom is -0.368 e. The van der Waals surface area contributed by atoms with Gasteiger partial charge < -0.3 is 10.6 Å². The quantitative estimate of drug-likeness (QED) is 0.413. The van der Waals surface area contributed by atoms with E-state index in [0.29, 0.717) is 13.0 Å². The lowest BCUT2D eigenvalue weighted by Gasteiger charge is -2.22. The summed E-state index contributed by atoms with van der Waals surface area (Å²) in [6.45, 7) is 1.88. The molecular weight excluding hydrogens is 328 g/mol. The molecule has 2 heterocycles. The molecule has 136 valence electrons. The number of piperidine rings is 1. The van der Waals surface area contributed by atoms with E-state index in [9.17, 15) is 14.4 Å². The van der Waals surface area contributed by atoms with E-state index < -0.39 is 5.91 Å². The van der Waals surface area contributed by atoms with Crippen molar-refractivity contribution < 1.29 is 24.1 Å². The molecule has 1 aromatic carbocycles. The first kappa shape index (κ1) is 18.7. The van der Waals surface area contributed by atoms with Gasteiger partial charge in [-0.05, 0) is 18.4 Å². The van der Waals surface area contributed by atoms with Crippen molar-refractivity contribution in [3.63, 3.8) is 0 Å². The average molecular weight is 350 g/mol. The van der Waals surface area contributed by atoms with Crippen LogP contribution in [0.5, 0.6) is 0 Å². The number of fused-ring (bicyclic) bond motifs is 2. The van der Waals surface area contributed by atoms with Crippen molar-refractivity contribution in [1.82, 2.24) is 15.4 Å². The minimum atomic E-state index is -0.626. The first-order valence-corrected chi connectivity index (χ1v) is 7.96. The van der Waals surface area contributed by atoms with Gasteiger partial charge in [-0.15, -0.1) is 0 Å². The van der Waals surface area contributed by atoms with Gasteiger partial charge in [0, 0.05) is 13.1 Å². The van der Waals surface area contributed by atoms with Crippen LogP contribution in [0, 0.1) is 0 Å². The summed E-state index contributed by atoms with van der Waals surface area (Å²) in [4.78, 5) is 42.8. The minimum absolute atomic E-state index is 0.0310. The zero-order valence-electron chi connectivity index (χ0n) is 13.8. The van der Waals surface area contributed by atoms with Crippen LogP contribution in [-0.4, -0.2) is 54.0 Å². The van der Waals surface area contributed by atoms with Crippen LogP contribution in [0.1, 0.15) is 18.4 Å². The van der Waals surface area contributed by atoms with E-state index in [2.05, 4.69) is 10.6 Å². The van der Waals surface area contributed by atoms with Gasteiger partial charge in [0.25, 0.3) is 0 Å². The van der Waals surface area contributed by atoms with Gasteiger partial charge in [0.2, 0.25) is 12.3 Å². The van der Waals surface area contributed by atoms with Gasteiger partial charge >= 0.3 is 6.03 Å². The second kappa shape index (κ2) is 9.60. The van der Waals surface area contributed by atoms with Gasteiger partial charge in [-0.25, -0.2) is 10.3 Å². The molecule has 25 heavy (non-hydrogen) atoms. The lowest BCUT2D eigenvalue weighted by molar-refractivity contribution is -0.140. The summed E-state index contributed by atoms with van der Waals surface area (Å²) in [7, 11) is 0. The molecule has 4 amide bonds. The number of hydroxylamine groups is 3. The first-order chi connectivity index (χ1) is 12.1. The summed E-state index contributed by atoms with van der Waals surface area (Å²) in [6.07, 6.45) is 2.45. The molecule has 1 aromatic rings. The number of nitrogens with two attached hydrogens (primary N) is 1. The largest absolute Gasteiger partial charge is 0.368 e. The fourth-order valence-corrected chi connectivity index (χ4v) is 2.64. The van der Waals surface area contributed by atoms with Crippen LogP contribution in [0.25, 0.3) is 0 Å². The van der Waals surface area contributed by atoms with E-state index in [0.717, 1.165) is 31.5 Å². The monoisotopic (exact) mass is 350 g/mol. The number of nitrogens with one attached hydrogen (secondary N) is 1. The lowest BCUT2D eigenvalue weighted by Crippen LogP contribution is -2.33. The number of urea groups is 1. The predicted octanol–water partition coefficient (Wildman–Crippen LogP) is 0.168. The maximum Gasteiger partial charge on any atom is 0.344 e. The van der Waals surface area contributed by atoms with Crippen molar-refractivity contribution in [2.24, 2.45) is 5.73 Å². The molecule has 2 saturated heterocycles. The molecule has 2 aliphatic heterocycles.